The van der Waals surface area contributed by atoms with Gasteiger partial charge in [-0.1, -0.05) is 136 Å². The molecule has 0 heterocycles. The fraction of sp³-hybridized carbons (Fsp3) is 0.967. The van der Waals surface area contributed by atoms with E-state index >= 15 is 0 Å². The fourth-order valence-corrected chi connectivity index (χ4v) is 4.36. The zero-order valence-electron chi connectivity index (χ0n) is 22.5. The largest absolute Gasteiger partial charge is 0.381 e. The SMILES string of the molecule is [CH2]CC(CCCOCCCCCCCCCCCC)OCCCCCCCCCCCC. The van der Waals surface area contributed by atoms with Crippen LogP contribution in [0.1, 0.15) is 162 Å². The van der Waals surface area contributed by atoms with Crippen LogP contribution < -0.4 is 0 Å². The highest BCUT2D eigenvalue weighted by molar-refractivity contribution is 4.60. The minimum Gasteiger partial charge on any atom is -0.381 e. The minimum atomic E-state index is 0.328. The van der Waals surface area contributed by atoms with Crippen LogP contribution in [0.3, 0.4) is 0 Å². The second-order valence-corrected chi connectivity index (χ2v) is 9.90. The minimum absolute atomic E-state index is 0.328. The Morgan fingerprint density at radius 2 is 0.844 bits per heavy atom. The van der Waals surface area contributed by atoms with E-state index in [2.05, 4.69) is 20.8 Å². The van der Waals surface area contributed by atoms with Crippen molar-refractivity contribution in [1.82, 2.24) is 0 Å². The van der Waals surface area contributed by atoms with E-state index in [9.17, 15) is 0 Å². The quantitative estimate of drug-likeness (QED) is 0.110. The highest BCUT2D eigenvalue weighted by Crippen LogP contribution is 2.13. The number of unbranched alkanes of at least 4 members (excludes halogenated alkanes) is 18. The first kappa shape index (κ1) is 31.9. The maximum absolute atomic E-state index is 6.06. The Balaban J connectivity index is 3.26. The predicted octanol–water partition coefficient (Wildman–Crippen LogP) is 10.2. The van der Waals surface area contributed by atoms with Crippen molar-refractivity contribution in [3.8, 4) is 0 Å². The molecule has 1 radical (unpaired) electrons. The van der Waals surface area contributed by atoms with Crippen LogP contribution in [0.5, 0.6) is 0 Å². The summed E-state index contributed by atoms with van der Waals surface area (Å²) in [6, 6.07) is 0. The first-order valence-electron chi connectivity index (χ1n) is 14.8. The average molecular weight is 454 g/mol. The van der Waals surface area contributed by atoms with E-state index in [1.807, 2.05) is 0 Å². The Hall–Kier alpha value is -0.0800. The van der Waals surface area contributed by atoms with E-state index < -0.39 is 0 Å². The van der Waals surface area contributed by atoms with Crippen molar-refractivity contribution < 1.29 is 9.47 Å². The van der Waals surface area contributed by atoms with Gasteiger partial charge in [0.2, 0.25) is 0 Å². The lowest BCUT2D eigenvalue weighted by atomic mass is 10.1. The van der Waals surface area contributed by atoms with Gasteiger partial charge in [-0.3, -0.25) is 0 Å². The molecule has 1 unspecified atom stereocenters. The predicted molar refractivity (Wildman–Crippen MR) is 143 cm³/mol. The number of hydrogen-bond acceptors (Lipinski definition) is 2. The summed E-state index contributed by atoms with van der Waals surface area (Å²) >= 11 is 0. The molecule has 0 aromatic heterocycles. The Morgan fingerprint density at radius 3 is 1.28 bits per heavy atom. The highest BCUT2D eigenvalue weighted by atomic mass is 16.5. The Morgan fingerprint density at radius 1 is 0.469 bits per heavy atom. The zero-order valence-corrected chi connectivity index (χ0v) is 22.5. The van der Waals surface area contributed by atoms with Gasteiger partial charge in [0.05, 0.1) is 6.10 Å². The standard InChI is InChI=1S/C30H61O2/c1-4-7-9-11-13-15-17-19-21-23-27-31-28-25-26-30(6-3)32-29-24-22-20-18-16-14-12-10-8-5-2/h30H,3-29H2,1-2H3. The van der Waals surface area contributed by atoms with Gasteiger partial charge in [-0.2, -0.15) is 0 Å². The van der Waals surface area contributed by atoms with Gasteiger partial charge in [0, 0.05) is 19.8 Å². The molecule has 32 heavy (non-hydrogen) atoms. The summed E-state index contributed by atoms with van der Waals surface area (Å²) in [6.45, 7) is 11.4. The summed E-state index contributed by atoms with van der Waals surface area (Å²) in [5, 5.41) is 0. The van der Waals surface area contributed by atoms with Crippen LogP contribution in [0, 0.1) is 6.92 Å². The summed E-state index contributed by atoms with van der Waals surface area (Å²) in [6.07, 6.45) is 31.1. The molecule has 0 fully saturated rings. The third kappa shape index (κ3) is 26.2. The summed E-state index contributed by atoms with van der Waals surface area (Å²) in [4.78, 5) is 0. The summed E-state index contributed by atoms with van der Waals surface area (Å²) in [7, 11) is 0. The van der Waals surface area contributed by atoms with E-state index in [0.717, 1.165) is 39.1 Å². The molecule has 1 atom stereocenters. The molecule has 2 heteroatoms. The topological polar surface area (TPSA) is 18.5 Å². The molecule has 0 aliphatic heterocycles. The van der Waals surface area contributed by atoms with Crippen LogP contribution in [0.25, 0.3) is 0 Å². The molecular formula is C30H61O2. The normalized spacial score (nSPS) is 12.5. The number of ether oxygens (including phenoxy) is 2. The van der Waals surface area contributed by atoms with Crippen LogP contribution in [-0.4, -0.2) is 25.9 Å². The molecule has 193 valence electrons. The molecule has 0 aliphatic rings. The smallest absolute Gasteiger partial charge is 0.0576 e. The maximum atomic E-state index is 6.06. The molecule has 0 saturated heterocycles. The van der Waals surface area contributed by atoms with Gasteiger partial charge in [-0.15, -0.1) is 0 Å². The molecule has 0 aromatic carbocycles. The highest BCUT2D eigenvalue weighted by Gasteiger charge is 2.06. The van der Waals surface area contributed by atoms with Crippen molar-refractivity contribution in [2.24, 2.45) is 0 Å². The van der Waals surface area contributed by atoms with Crippen molar-refractivity contribution in [1.29, 1.82) is 0 Å². The Kier molecular flexibility index (Phi) is 28.9. The molecule has 2 nitrogen and oxygen atoms in total. The number of rotatable bonds is 28. The van der Waals surface area contributed by atoms with Crippen molar-refractivity contribution in [2.45, 2.75) is 168 Å². The maximum Gasteiger partial charge on any atom is 0.0576 e. The summed E-state index contributed by atoms with van der Waals surface area (Å²) in [5.74, 6) is 0. The van der Waals surface area contributed by atoms with Crippen LogP contribution in [0.15, 0.2) is 0 Å². The molecule has 0 rings (SSSR count). The summed E-state index contributed by atoms with van der Waals surface area (Å²) in [5.41, 5.74) is 0. The first-order chi connectivity index (χ1) is 15.8. The molecular weight excluding hydrogens is 392 g/mol. The lowest BCUT2D eigenvalue weighted by Crippen LogP contribution is -2.14. The van der Waals surface area contributed by atoms with E-state index in [1.54, 1.807) is 0 Å². The monoisotopic (exact) mass is 453 g/mol. The van der Waals surface area contributed by atoms with Crippen LogP contribution in [0.4, 0.5) is 0 Å². The van der Waals surface area contributed by atoms with Crippen molar-refractivity contribution in [3.63, 3.8) is 0 Å². The van der Waals surface area contributed by atoms with Crippen LogP contribution >= 0.6 is 0 Å². The van der Waals surface area contributed by atoms with Gasteiger partial charge >= 0.3 is 0 Å². The Labute approximate surface area is 204 Å². The second-order valence-electron chi connectivity index (χ2n) is 9.90. The zero-order chi connectivity index (χ0) is 23.4. The lowest BCUT2D eigenvalue weighted by Gasteiger charge is -2.16. The van der Waals surface area contributed by atoms with Crippen LogP contribution in [0.2, 0.25) is 0 Å². The molecule has 0 N–H and O–H groups in total. The molecule has 0 aromatic rings. The molecule has 0 saturated carbocycles. The third-order valence-electron chi connectivity index (χ3n) is 6.63. The van der Waals surface area contributed by atoms with E-state index in [-0.39, 0.29) is 0 Å². The molecule has 0 spiro atoms. The molecule has 0 aliphatic carbocycles. The van der Waals surface area contributed by atoms with Gasteiger partial charge in [-0.25, -0.2) is 0 Å². The fourth-order valence-electron chi connectivity index (χ4n) is 4.36. The van der Waals surface area contributed by atoms with E-state index in [4.69, 9.17) is 9.47 Å². The van der Waals surface area contributed by atoms with E-state index in [0.29, 0.717) is 6.10 Å². The first-order valence-corrected chi connectivity index (χ1v) is 14.8. The van der Waals surface area contributed by atoms with Crippen molar-refractivity contribution >= 4 is 0 Å². The van der Waals surface area contributed by atoms with E-state index in [1.165, 1.54) is 128 Å². The van der Waals surface area contributed by atoms with Crippen molar-refractivity contribution in [3.05, 3.63) is 6.92 Å². The molecule has 0 amide bonds. The van der Waals surface area contributed by atoms with Gasteiger partial charge in [0.1, 0.15) is 0 Å². The molecule has 0 bridgehead atoms. The van der Waals surface area contributed by atoms with Gasteiger partial charge in [0.15, 0.2) is 0 Å². The average Bonchev–Trinajstić information content (AvgIpc) is 2.81. The van der Waals surface area contributed by atoms with Gasteiger partial charge < -0.3 is 9.47 Å². The Bertz CT molecular complexity index is 318. The lowest BCUT2D eigenvalue weighted by molar-refractivity contribution is 0.0364. The van der Waals surface area contributed by atoms with Gasteiger partial charge in [0.25, 0.3) is 0 Å². The third-order valence-corrected chi connectivity index (χ3v) is 6.63. The van der Waals surface area contributed by atoms with Gasteiger partial charge in [-0.05, 0) is 32.1 Å². The van der Waals surface area contributed by atoms with Crippen molar-refractivity contribution in [2.75, 3.05) is 19.8 Å². The second kappa shape index (κ2) is 29.0. The summed E-state index contributed by atoms with van der Waals surface area (Å²) < 4.78 is 11.9. The van der Waals surface area contributed by atoms with Crippen LogP contribution in [-0.2, 0) is 9.47 Å². The number of hydrogen-bond donors (Lipinski definition) is 0.